The minimum atomic E-state index is -4.33. The van der Waals surface area contributed by atoms with Crippen molar-refractivity contribution < 1.29 is 26.9 Å². The van der Waals surface area contributed by atoms with E-state index in [2.05, 4.69) is 15.2 Å². The fourth-order valence-corrected chi connectivity index (χ4v) is 4.98. The van der Waals surface area contributed by atoms with Crippen molar-refractivity contribution in [3.8, 4) is 5.75 Å². The van der Waals surface area contributed by atoms with Crippen LogP contribution >= 0.6 is 11.6 Å². The van der Waals surface area contributed by atoms with Crippen LogP contribution in [-0.2, 0) is 10.0 Å². The van der Waals surface area contributed by atoms with Crippen molar-refractivity contribution in [3.63, 3.8) is 0 Å². The molecule has 4 aromatic rings. The summed E-state index contributed by atoms with van der Waals surface area (Å²) in [6.07, 6.45) is 0. The van der Waals surface area contributed by atoms with E-state index in [0.29, 0.717) is 15.8 Å². The van der Waals surface area contributed by atoms with E-state index < -0.39 is 32.1 Å². The Hall–Kier alpha value is -4.29. The highest BCUT2D eigenvalue weighted by atomic mass is 35.5. The van der Waals surface area contributed by atoms with E-state index in [9.17, 15) is 27.3 Å². The number of halogens is 3. The van der Waals surface area contributed by atoms with Crippen LogP contribution in [0.4, 0.5) is 25.8 Å². The number of hydrazone groups is 1. The van der Waals surface area contributed by atoms with Crippen molar-refractivity contribution in [1.82, 2.24) is 0 Å². The molecule has 0 aliphatic heterocycles. The Morgan fingerprint density at radius 1 is 1.05 bits per heavy atom. The van der Waals surface area contributed by atoms with Crippen LogP contribution < -0.4 is 14.9 Å². The Kier molecular flexibility index (Phi) is 7.74. The molecule has 0 saturated heterocycles. The third kappa shape index (κ3) is 5.98. The van der Waals surface area contributed by atoms with Gasteiger partial charge in [-0.05, 0) is 48.7 Å². The molecule has 4 rings (SSSR count). The zero-order chi connectivity index (χ0) is 27.4. The topological polar surface area (TPSA) is 123 Å². The Labute approximate surface area is 220 Å². The summed E-state index contributed by atoms with van der Waals surface area (Å²) >= 11 is 5.85. The second-order valence-corrected chi connectivity index (χ2v) is 9.99. The minimum Gasteiger partial charge on any atom is -0.433 e. The van der Waals surface area contributed by atoms with E-state index in [1.54, 1.807) is 36.4 Å². The van der Waals surface area contributed by atoms with E-state index in [-0.39, 0.29) is 28.4 Å². The Morgan fingerprint density at radius 3 is 2.45 bits per heavy atom. The molecule has 0 bridgehead atoms. The van der Waals surface area contributed by atoms with Gasteiger partial charge in [0, 0.05) is 33.8 Å². The number of hydrogen-bond donors (Lipinski definition) is 2. The van der Waals surface area contributed by atoms with Crippen LogP contribution in [0.5, 0.6) is 5.75 Å². The van der Waals surface area contributed by atoms with Crippen molar-refractivity contribution in [1.29, 1.82) is 0 Å². The van der Waals surface area contributed by atoms with Gasteiger partial charge >= 0.3 is 6.61 Å². The molecule has 0 heterocycles. The maximum Gasteiger partial charge on any atom is 0.387 e. The predicted octanol–water partition coefficient (Wildman–Crippen LogP) is 6.64. The summed E-state index contributed by atoms with van der Waals surface area (Å²) in [6.45, 7) is -1.58. The fraction of sp³-hybridized carbons (Fsp3) is 0.0800. The van der Waals surface area contributed by atoms with Gasteiger partial charge in [0.25, 0.3) is 15.7 Å². The average molecular weight is 561 g/mol. The van der Waals surface area contributed by atoms with Gasteiger partial charge < -0.3 is 4.74 Å². The molecule has 13 heteroatoms. The van der Waals surface area contributed by atoms with Crippen LogP contribution in [0, 0.1) is 10.1 Å². The molecule has 0 unspecified atom stereocenters. The van der Waals surface area contributed by atoms with Gasteiger partial charge in [-0.3, -0.25) is 20.3 Å². The number of nitro benzene ring substituents is 1. The summed E-state index contributed by atoms with van der Waals surface area (Å²) in [4.78, 5) is 10.1. The van der Waals surface area contributed by atoms with Crippen LogP contribution in [0.2, 0.25) is 5.02 Å². The molecule has 0 aliphatic carbocycles. The first kappa shape index (κ1) is 26.8. The van der Waals surface area contributed by atoms with Crippen molar-refractivity contribution in [2.45, 2.75) is 18.4 Å². The van der Waals surface area contributed by atoms with E-state index in [1.807, 2.05) is 0 Å². The Bertz CT molecular complexity index is 1650. The van der Waals surface area contributed by atoms with E-state index >= 15 is 0 Å². The molecular formula is C25H19ClF2N4O5S. The Balaban J connectivity index is 1.73. The highest BCUT2D eigenvalue weighted by Gasteiger charge is 2.23. The minimum absolute atomic E-state index is 0.0893. The van der Waals surface area contributed by atoms with Crippen molar-refractivity contribution >= 4 is 55.2 Å². The fourth-order valence-electron chi connectivity index (χ4n) is 3.62. The normalized spacial score (nSPS) is 12.0. The van der Waals surface area contributed by atoms with Gasteiger partial charge in [-0.1, -0.05) is 41.9 Å². The smallest absolute Gasteiger partial charge is 0.387 e. The van der Waals surface area contributed by atoms with E-state index in [4.69, 9.17) is 16.3 Å². The molecule has 0 amide bonds. The molecule has 2 N–H and O–H groups in total. The number of nitrogens with one attached hydrogen (secondary N) is 2. The third-order valence-corrected chi connectivity index (χ3v) is 7.06. The molecule has 0 atom stereocenters. The highest BCUT2D eigenvalue weighted by Crippen LogP contribution is 2.33. The van der Waals surface area contributed by atoms with Gasteiger partial charge in [-0.15, -0.1) is 0 Å². The number of hydrogen-bond acceptors (Lipinski definition) is 7. The maximum atomic E-state index is 13.2. The molecule has 0 aliphatic rings. The molecule has 0 saturated carbocycles. The van der Waals surface area contributed by atoms with Crippen LogP contribution in [0.15, 0.2) is 88.9 Å². The second kappa shape index (κ2) is 11.0. The van der Waals surface area contributed by atoms with Crippen molar-refractivity contribution in [2.24, 2.45) is 5.10 Å². The number of nitro groups is 1. The largest absolute Gasteiger partial charge is 0.433 e. The predicted molar refractivity (Wildman–Crippen MR) is 142 cm³/mol. The highest BCUT2D eigenvalue weighted by molar-refractivity contribution is 7.92. The molecular weight excluding hydrogens is 542 g/mol. The lowest BCUT2D eigenvalue weighted by Gasteiger charge is -2.15. The summed E-state index contributed by atoms with van der Waals surface area (Å²) in [6, 6.07) is 19.0. The first-order chi connectivity index (χ1) is 18.0. The van der Waals surface area contributed by atoms with Gasteiger partial charge in [-0.2, -0.15) is 13.9 Å². The number of benzene rings is 4. The molecule has 0 fully saturated rings. The number of ether oxygens (including phenoxy) is 1. The molecule has 0 spiro atoms. The number of sulfonamides is 1. The monoisotopic (exact) mass is 560 g/mol. The molecule has 38 heavy (non-hydrogen) atoms. The van der Waals surface area contributed by atoms with Crippen LogP contribution in [0.25, 0.3) is 10.8 Å². The molecule has 0 radical (unpaired) electrons. The third-order valence-electron chi connectivity index (χ3n) is 5.38. The zero-order valence-electron chi connectivity index (χ0n) is 19.6. The van der Waals surface area contributed by atoms with Crippen LogP contribution in [-0.4, -0.2) is 25.7 Å². The molecule has 196 valence electrons. The average Bonchev–Trinajstić information content (AvgIpc) is 2.88. The number of rotatable bonds is 9. The van der Waals surface area contributed by atoms with Crippen molar-refractivity contribution in [3.05, 3.63) is 99.6 Å². The summed E-state index contributed by atoms with van der Waals surface area (Å²) in [7, 11) is -4.33. The number of fused-ring (bicyclic) bond motifs is 1. The number of nitrogens with zero attached hydrogens (tertiary/aromatic N) is 2. The quantitative estimate of drug-likeness (QED) is 0.134. The lowest BCUT2D eigenvalue weighted by atomic mass is 10.0. The van der Waals surface area contributed by atoms with Crippen LogP contribution in [0.3, 0.4) is 0 Å². The number of non-ortho nitro benzene ring substituents is 1. The maximum absolute atomic E-state index is 13.2. The molecule has 4 aromatic carbocycles. The summed E-state index contributed by atoms with van der Waals surface area (Å²) in [5.74, 6) is -0.0953. The first-order valence-electron chi connectivity index (χ1n) is 10.9. The molecule has 9 nitrogen and oxygen atoms in total. The van der Waals surface area contributed by atoms with Gasteiger partial charge in [-0.25, -0.2) is 8.42 Å². The van der Waals surface area contributed by atoms with Gasteiger partial charge in [0.05, 0.1) is 16.3 Å². The summed E-state index contributed by atoms with van der Waals surface area (Å²) < 4.78 is 59.9. The Morgan fingerprint density at radius 2 is 1.76 bits per heavy atom. The SMILES string of the molecule is C/C(=N\Nc1ccc([N+](=O)[O-])cc1S(=O)(=O)Nc1ccc(Cl)cc1)c1ccc2ccccc2c1OC(F)F. The summed E-state index contributed by atoms with van der Waals surface area (Å²) in [5, 5.41) is 17.0. The van der Waals surface area contributed by atoms with E-state index in [0.717, 1.165) is 12.1 Å². The number of anilines is 2. The first-order valence-corrected chi connectivity index (χ1v) is 12.8. The van der Waals surface area contributed by atoms with Gasteiger partial charge in [0.1, 0.15) is 10.6 Å². The standard InChI is InChI=1S/C25H19ClF2N4O5S/c1-15(20-12-6-16-4-2-3-5-21(16)24(20)37-25(27)28)29-30-22-13-11-19(32(33)34)14-23(22)38(35,36)31-18-9-7-17(26)8-10-18/h2-14,25,30-31H,1H3/b29-15+. The lowest BCUT2D eigenvalue weighted by molar-refractivity contribution is -0.385. The van der Waals surface area contributed by atoms with E-state index in [1.165, 1.54) is 37.3 Å². The van der Waals surface area contributed by atoms with Crippen molar-refractivity contribution in [2.75, 3.05) is 10.1 Å². The lowest BCUT2D eigenvalue weighted by Crippen LogP contribution is -2.15. The summed E-state index contributed by atoms with van der Waals surface area (Å²) in [5.41, 5.74) is 2.65. The molecule has 0 aromatic heterocycles. The van der Waals surface area contributed by atoms with Gasteiger partial charge in [0.2, 0.25) is 0 Å². The zero-order valence-corrected chi connectivity index (χ0v) is 21.1. The van der Waals surface area contributed by atoms with Gasteiger partial charge in [0.15, 0.2) is 0 Å². The van der Waals surface area contributed by atoms with Crippen LogP contribution in [0.1, 0.15) is 12.5 Å². The number of alkyl halides is 2. The second-order valence-electron chi connectivity index (χ2n) is 7.90.